The van der Waals surface area contributed by atoms with Gasteiger partial charge in [0.15, 0.2) is 0 Å². The molecule has 28 heavy (non-hydrogen) atoms. The van der Waals surface area contributed by atoms with Gasteiger partial charge in [-0.15, -0.1) is 24.8 Å². The van der Waals surface area contributed by atoms with Gasteiger partial charge in [-0.2, -0.15) is 0 Å². The maximum atomic E-state index is 12.8. The molecule has 1 atom stereocenters. The highest BCUT2D eigenvalue weighted by molar-refractivity contribution is 5.85. The Labute approximate surface area is 183 Å². The lowest BCUT2D eigenvalue weighted by Gasteiger charge is -2.37. The molecule has 160 valence electrons. The average Bonchev–Trinajstić information content (AvgIpc) is 3.10. The van der Waals surface area contributed by atoms with E-state index in [1.54, 1.807) is 0 Å². The molecule has 2 N–H and O–H groups in total. The van der Waals surface area contributed by atoms with Crippen molar-refractivity contribution in [1.29, 1.82) is 0 Å². The summed E-state index contributed by atoms with van der Waals surface area (Å²) >= 11 is 0. The number of carbonyl (C=O) groups is 1. The van der Waals surface area contributed by atoms with Gasteiger partial charge in [0, 0.05) is 33.1 Å². The summed E-state index contributed by atoms with van der Waals surface area (Å²) in [6.07, 6.45) is 7.82. The van der Waals surface area contributed by atoms with Gasteiger partial charge in [0.1, 0.15) is 0 Å². The predicted octanol–water partition coefficient (Wildman–Crippen LogP) is 4.11. The van der Waals surface area contributed by atoms with Crippen LogP contribution in [-0.2, 0) is 11.3 Å². The third-order valence-electron chi connectivity index (χ3n) is 6.45. The van der Waals surface area contributed by atoms with Crippen LogP contribution in [0.25, 0.3) is 0 Å². The number of hydrogen-bond acceptors (Lipinski definition) is 3. The lowest BCUT2D eigenvalue weighted by atomic mass is 9.71. The van der Waals surface area contributed by atoms with Crippen LogP contribution in [0.5, 0.6) is 0 Å². The highest BCUT2D eigenvalue weighted by Crippen LogP contribution is 2.38. The fraction of sp³-hybridized carbons (Fsp3) is 0.682. The predicted molar refractivity (Wildman–Crippen MR) is 121 cm³/mol. The molecule has 1 unspecified atom stereocenters. The molecule has 1 aromatic carbocycles. The van der Waals surface area contributed by atoms with Crippen LogP contribution in [0, 0.1) is 11.3 Å². The average molecular weight is 430 g/mol. The molecule has 1 aliphatic carbocycles. The van der Waals surface area contributed by atoms with E-state index in [0.717, 1.165) is 39.0 Å². The van der Waals surface area contributed by atoms with E-state index in [1.807, 2.05) is 11.9 Å². The summed E-state index contributed by atoms with van der Waals surface area (Å²) in [6, 6.07) is 10.7. The lowest BCUT2D eigenvalue weighted by Crippen LogP contribution is -2.40. The van der Waals surface area contributed by atoms with E-state index in [-0.39, 0.29) is 30.2 Å². The van der Waals surface area contributed by atoms with Gasteiger partial charge < -0.3 is 10.6 Å². The first-order chi connectivity index (χ1) is 12.6. The van der Waals surface area contributed by atoms with Crippen LogP contribution in [-0.4, -0.2) is 48.9 Å². The Kier molecular flexibility index (Phi) is 10.8. The van der Waals surface area contributed by atoms with E-state index >= 15 is 0 Å². The lowest BCUT2D eigenvalue weighted by molar-refractivity contribution is -0.133. The monoisotopic (exact) mass is 429 g/mol. The van der Waals surface area contributed by atoms with E-state index in [2.05, 4.69) is 35.2 Å². The molecule has 0 radical (unpaired) electrons. The minimum absolute atomic E-state index is 0. The topological polar surface area (TPSA) is 49.6 Å². The van der Waals surface area contributed by atoms with E-state index in [9.17, 15) is 4.79 Å². The molecular weight excluding hydrogens is 393 g/mol. The second kappa shape index (κ2) is 12.0. The van der Waals surface area contributed by atoms with Gasteiger partial charge in [0.05, 0.1) is 0 Å². The number of hydrogen-bond donors (Lipinski definition) is 1. The number of amides is 1. The van der Waals surface area contributed by atoms with Crippen LogP contribution in [0.3, 0.4) is 0 Å². The maximum absolute atomic E-state index is 12.8. The van der Waals surface area contributed by atoms with Crippen molar-refractivity contribution in [2.24, 2.45) is 17.1 Å². The van der Waals surface area contributed by atoms with E-state index in [1.165, 1.54) is 31.2 Å². The number of benzene rings is 1. The molecule has 1 aromatic rings. The zero-order valence-electron chi connectivity index (χ0n) is 17.1. The van der Waals surface area contributed by atoms with Crippen LogP contribution >= 0.6 is 24.8 Å². The van der Waals surface area contributed by atoms with E-state index < -0.39 is 0 Å². The smallest absolute Gasteiger partial charge is 0.222 e. The summed E-state index contributed by atoms with van der Waals surface area (Å²) in [7, 11) is 1.98. The second-order valence-electron chi connectivity index (χ2n) is 8.59. The van der Waals surface area contributed by atoms with Gasteiger partial charge in [0.25, 0.3) is 0 Å². The van der Waals surface area contributed by atoms with Crippen molar-refractivity contribution in [2.75, 3.05) is 33.2 Å². The summed E-state index contributed by atoms with van der Waals surface area (Å²) in [4.78, 5) is 17.3. The summed E-state index contributed by atoms with van der Waals surface area (Å²) in [6.45, 7) is 4.78. The Bertz CT molecular complexity index is 578. The molecule has 6 heteroatoms. The SMILES string of the molecule is CN(CC1CCN(Cc2ccccc2)C1)C(=O)CC1(CN)CCCCC1.Cl.Cl. The van der Waals surface area contributed by atoms with Crippen molar-refractivity contribution < 1.29 is 4.79 Å². The molecule has 1 amide bonds. The van der Waals surface area contributed by atoms with Crippen molar-refractivity contribution in [3.8, 4) is 0 Å². The van der Waals surface area contributed by atoms with Gasteiger partial charge in [-0.3, -0.25) is 9.69 Å². The molecule has 1 heterocycles. The van der Waals surface area contributed by atoms with Crippen LogP contribution in [0.4, 0.5) is 0 Å². The number of nitrogens with two attached hydrogens (primary N) is 1. The summed E-state index contributed by atoms with van der Waals surface area (Å²) in [5.74, 6) is 0.881. The fourth-order valence-electron chi connectivity index (χ4n) is 4.75. The molecule has 1 saturated heterocycles. The largest absolute Gasteiger partial charge is 0.345 e. The number of carbonyl (C=O) groups excluding carboxylic acids is 1. The van der Waals surface area contributed by atoms with Crippen molar-refractivity contribution in [1.82, 2.24) is 9.80 Å². The van der Waals surface area contributed by atoms with Crippen molar-refractivity contribution in [3.05, 3.63) is 35.9 Å². The molecule has 1 aliphatic heterocycles. The quantitative estimate of drug-likeness (QED) is 0.708. The Balaban J connectivity index is 0.00000196. The molecular formula is C22H37Cl2N3O. The van der Waals surface area contributed by atoms with Crippen molar-refractivity contribution in [2.45, 2.75) is 51.5 Å². The van der Waals surface area contributed by atoms with Crippen LogP contribution < -0.4 is 5.73 Å². The van der Waals surface area contributed by atoms with Crippen molar-refractivity contribution >= 4 is 30.7 Å². The molecule has 2 aliphatic rings. The number of halogens is 2. The third kappa shape index (κ3) is 6.91. The van der Waals surface area contributed by atoms with E-state index in [0.29, 0.717) is 24.8 Å². The third-order valence-corrected chi connectivity index (χ3v) is 6.45. The molecule has 1 saturated carbocycles. The van der Waals surface area contributed by atoms with Gasteiger partial charge in [-0.05, 0) is 49.2 Å². The molecule has 0 aromatic heterocycles. The Hall–Kier alpha value is -0.810. The molecule has 0 bridgehead atoms. The Morgan fingerprint density at radius 2 is 1.86 bits per heavy atom. The second-order valence-corrected chi connectivity index (χ2v) is 8.59. The first-order valence-electron chi connectivity index (χ1n) is 10.3. The van der Waals surface area contributed by atoms with Crippen LogP contribution in [0.2, 0.25) is 0 Å². The molecule has 2 fully saturated rings. The Morgan fingerprint density at radius 3 is 2.50 bits per heavy atom. The maximum Gasteiger partial charge on any atom is 0.222 e. The minimum Gasteiger partial charge on any atom is -0.345 e. The van der Waals surface area contributed by atoms with Crippen LogP contribution in [0.1, 0.15) is 50.5 Å². The van der Waals surface area contributed by atoms with Crippen LogP contribution in [0.15, 0.2) is 30.3 Å². The summed E-state index contributed by atoms with van der Waals surface area (Å²) < 4.78 is 0. The molecule has 3 rings (SSSR count). The summed E-state index contributed by atoms with van der Waals surface area (Å²) in [5.41, 5.74) is 7.51. The van der Waals surface area contributed by atoms with Crippen molar-refractivity contribution in [3.63, 3.8) is 0 Å². The number of nitrogens with zero attached hydrogens (tertiary/aromatic N) is 2. The van der Waals surface area contributed by atoms with Gasteiger partial charge in [-0.1, -0.05) is 49.6 Å². The minimum atomic E-state index is 0. The molecule has 0 spiro atoms. The standard InChI is InChI=1S/C22H35N3O.2ClH/c1-24(21(26)14-22(18-23)11-6-3-7-12-22)15-20-10-13-25(17-20)16-19-8-4-2-5-9-19;;/h2,4-5,8-9,20H,3,6-7,10-18,23H2,1H3;2*1H. The normalized spacial score (nSPS) is 21.4. The van der Waals surface area contributed by atoms with E-state index in [4.69, 9.17) is 5.73 Å². The zero-order valence-corrected chi connectivity index (χ0v) is 18.8. The fourth-order valence-corrected chi connectivity index (χ4v) is 4.75. The number of rotatable bonds is 7. The zero-order chi connectivity index (χ0) is 18.4. The summed E-state index contributed by atoms with van der Waals surface area (Å²) in [5, 5.41) is 0. The Morgan fingerprint density at radius 1 is 1.18 bits per heavy atom. The van der Waals surface area contributed by atoms with Gasteiger partial charge in [0.2, 0.25) is 5.91 Å². The van der Waals surface area contributed by atoms with Gasteiger partial charge >= 0.3 is 0 Å². The highest BCUT2D eigenvalue weighted by Gasteiger charge is 2.34. The highest BCUT2D eigenvalue weighted by atomic mass is 35.5. The van der Waals surface area contributed by atoms with Gasteiger partial charge in [-0.25, -0.2) is 0 Å². The first kappa shape index (κ1) is 25.2. The molecule has 4 nitrogen and oxygen atoms in total. The number of likely N-dealkylation sites (tertiary alicyclic amines) is 1. The first-order valence-corrected chi connectivity index (χ1v) is 10.3.